The Morgan fingerprint density at radius 1 is 1.33 bits per heavy atom. The number of carbonyl (C=O) groups excluding carboxylic acids is 1. The maximum Gasteiger partial charge on any atom is 0.399 e. The number of para-hydroxylation sites is 1. The highest BCUT2D eigenvalue weighted by atomic mass is 32.1. The van der Waals surface area contributed by atoms with Crippen molar-refractivity contribution in [1.29, 1.82) is 0 Å². The van der Waals surface area contributed by atoms with Crippen molar-refractivity contribution in [2.45, 2.75) is 25.4 Å². The highest BCUT2D eigenvalue weighted by molar-refractivity contribution is 7.80. The summed E-state index contributed by atoms with van der Waals surface area (Å²) in [6.07, 6.45) is -3.05. The lowest BCUT2D eigenvalue weighted by atomic mass is 10.1. The number of hydrogen-bond donors (Lipinski definition) is 1. The number of benzene rings is 1. The smallest absolute Gasteiger partial charge is 0.393 e. The van der Waals surface area contributed by atoms with Gasteiger partial charge in [-0.3, -0.25) is 4.79 Å². The molecule has 1 aliphatic rings. The van der Waals surface area contributed by atoms with E-state index >= 15 is 0 Å². The highest BCUT2D eigenvalue weighted by Gasteiger charge is 2.43. The van der Waals surface area contributed by atoms with Crippen LogP contribution in [-0.2, 0) is 11.2 Å². The van der Waals surface area contributed by atoms with Gasteiger partial charge in [0.15, 0.2) is 0 Å². The number of halogens is 3. The molecule has 114 valence electrons. The molecular formula is C14H15F3N2OS. The van der Waals surface area contributed by atoms with Gasteiger partial charge in [0.05, 0.1) is 4.99 Å². The van der Waals surface area contributed by atoms with Gasteiger partial charge in [-0.25, -0.2) is 0 Å². The number of nitrogens with zero attached hydrogens (tertiary/aromatic N) is 1. The molecule has 0 saturated heterocycles. The Bertz CT molecular complexity index is 559. The average Bonchev–Trinajstić information content (AvgIpc) is 2.53. The zero-order valence-electron chi connectivity index (χ0n) is 11.2. The first-order chi connectivity index (χ1) is 9.80. The third kappa shape index (κ3) is 3.53. The van der Waals surface area contributed by atoms with E-state index < -0.39 is 23.6 Å². The molecule has 0 fully saturated rings. The zero-order chi connectivity index (χ0) is 15.6. The maximum atomic E-state index is 13.0. The molecule has 0 saturated carbocycles. The second-order valence-electron chi connectivity index (χ2n) is 4.98. The molecule has 1 aliphatic heterocycles. The zero-order valence-corrected chi connectivity index (χ0v) is 12.0. The topological polar surface area (TPSA) is 46.3 Å². The molecule has 2 N–H and O–H groups in total. The van der Waals surface area contributed by atoms with Gasteiger partial charge in [0.1, 0.15) is 5.92 Å². The number of rotatable bonds is 3. The van der Waals surface area contributed by atoms with Crippen LogP contribution in [-0.4, -0.2) is 23.6 Å². The fraction of sp³-hybridized carbons (Fsp3) is 0.429. The summed E-state index contributed by atoms with van der Waals surface area (Å²) in [6, 6.07) is 6.99. The Hall–Kier alpha value is -1.63. The SMILES string of the molecule is NC(=S)C(CN1C(=O)CCCc2ccccc21)C(F)(F)F. The summed E-state index contributed by atoms with van der Waals surface area (Å²) in [5, 5.41) is 0. The first-order valence-electron chi connectivity index (χ1n) is 6.55. The number of thiocarbonyl (C=S) groups is 1. The molecule has 0 aromatic heterocycles. The molecule has 1 atom stereocenters. The van der Waals surface area contributed by atoms with Crippen molar-refractivity contribution in [2.24, 2.45) is 11.7 Å². The first kappa shape index (κ1) is 15.8. The summed E-state index contributed by atoms with van der Waals surface area (Å²) in [5.74, 6) is -2.33. The number of anilines is 1. The Kier molecular flexibility index (Phi) is 4.51. The van der Waals surface area contributed by atoms with Crippen molar-refractivity contribution in [3.8, 4) is 0 Å². The van der Waals surface area contributed by atoms with Crippen molar-refractivity contribution in [2.75, 3.05) is 11.4 Å². The summed E-state index contributed by atoms with van der Waals surface area (Å²) in [4.78, 5) is 12.7. The quantitative estimate of drug-likeness (QED) is 0.872. The van der Waals surface area contributed by atoms with Crippen molar-refractivity contribution in [3.63, 3.8) is 0 Å². The van der Waals surface area contributed by atoms with Crippen LogP contribution in [0, 0.1) is 5.92 Å². The summed E-state index contributed by atoms with van der Waals surface area (Å²) >= 11 is 4.52. The second kappa shape index (κ2) is 6.01. The molecule has 1 unspecified atom stereocenters. The third-order valence-corrected chi connectivity index (χ3v) is 3.81. The predicted octanol–water partition coefficient (Wildman–Crippen LogP) is 2.82. The second-order valence-corrected chi connectivity index (χ2v) is 5.45. The van der Waals surface area contributed by atoms with E-state index in [1.54, 1.807) is 12.1 Å². The van der Waals surface area contributed by atoms with E-state index in [9.17, 15) is 18.0 Å². The lowest BCUT2D eigenvalue weighted by Gasteiger charge is -2.28. The first-order valence-corrected chi connectivity index (χ1v) is 6.96. The van der Waals surface area contributed by atoms with Crippen LogP contribution >= 0.6 is 12.2 Å². The molecule has 0 bridgehead atoms. The van der Waals surface area contributed by atoms with Crippen LogP contribution in [0.3, 0.4) is 0 Å². The van der Waals surface area contributed by atoms with E-state index in [0.29, 0.717) is 18.5 Å². The fourth-order valence-electron chi connectivity index (χ4n) is 2.42. The number of aryl methyl sites for hydroxylation is 1. The van der Waals surface area contributed by atoms with E-state index in [2.05, 4.69) is 12.2 Å². The average molecular weight is 316 g/mol. The van der Waals surface area contributed by atoms with Gasteiger partial charge in [-0.05, 0) is 24.5 Å². The van der Waals surface area contributed by atoms with Crippen molar-refractivity contribution in [1.82, 2.24) is 0 Å². The number of carbonyl (C=O) groups is 1. The summed E-state index contributed by atoms with van der Waals surface area (Å²) < 4.78 is 39.1. The van der Waals surface area contributed by atoms with Crippen molar-refractivity contribution >= 4 is 28.8 Å². The van der Waals surface area contributed by atoms with Crippen LogP contribution in [0.15, 0.2) is 24.3 Å². The van der Waals surface area contributed by atoms with E-state index in [1.807, 2.05) is 12.1 Å². The molecule has 1 aromatic carbocycles. The van der Waals surface area contributed by atoms with E-state index in [1.165, 1.54) is 4.90 Å². The van der Waals surface area contributed by atoms with Gasteiger partial charge >= 0.3 is 6.18 Å². The molecule has 1 aromatic rings. The lowest BCUT2D eigenvalue weighted by molar-refractivity contribution is -0.153. The molecule has 7 heteroatoms. The van der Waals surface area contributed by atoms with Gasteiger partial charge in [0, 0.05) is 18.7 Å². The van der Waals surface area contributed by atoms with Gasteiger partial charge in [-0.15, -0.1) is 0 Å². The van der Waals surface area contributed by atoms with Gasteiger partial charge in [-0.1, -0.05) is 30.4 Å². The summed E-state index contributed by atoms with van der Waals surface area (Å²) in [7, 11) is 0. The molecule has 3 nitrogen and oxygen atoms in total. The van der Waals surface area contributed by atoms with Crippen LogP contribution in [0.1, 0.15) is 18.4 Å². The Labute approximate surface area is 125 Å². The molecular weight excluding hydrogens is 301 g/mol. The minimum Gasteiger partial charge on any atom is -0.393 e. The van der Waals surface area contributed by atoms with Crippen LogP contribution in [0.25, 0.3) is 0 Å². The van der Waals surface area contributed by atoms with Crippen molar-refractivity contribution in [3.05, 3.63) is 29.8 Å². The minimum atomic E-state index is -4.56. The Morgan fingerprint density at radius 3 is 2.62 bits per heavy atom. The molecule has 0 aliphatic carbocycles. The van der Waals surface area contributed by atoms with Crippen LogP contribution in [0.4, 0.5) is 18.9 Å². The highest BCUT2D eigenvalue weighted by Crippen LogP contribution is 2.32. The molecule has 0 radical (unpaired) electrons. The molecule has 1 heterocycles. The van der Waals surface area contributed by atoms with Crippen LogP contribution < -0.4 is 10.6 Å². The van der Waals surface area contributed by atoms with Gasteiger partial charge in [-0.2, -0.15) is 13.2 Å². The monoisotopic (exact) mass is 316 g/mol. The number of fused-ring (bicyclic) bond motifs is 1. The lowest BCUT2D eigenvalue weighted by Crippen LogP contribution is -2.45. The summed E-state index contributed by atoms with van der Waals surface area (Å²) in [5.41, 5.74) is 6.60. The fourth-order valence-corrected chi connectivity index (χ4v) is 2.63. The Balaban J connectivity index is 2.36. The van der Waals surface area contributed by atoms with Crippen LogP contribution in [0.2, 0.25) is 0 Å². The summed E-state index contributed by atoms with van der Waals surface area (Å²) in [6.45, 7) is -0.561. The Morgan fingerprint density at radius 2 is 2.00 bits per heavy atom. The van der Waals surface area contributed by atoms with Gasteiger partial charge in [0.25, 0.3) is 0 Å². The molecule has 21 heavy (non-hydrogen) atoms. The third-order valence-electron chi connectivity index (χ3n) is 3.52. The number of amides is 1. The largest absolute Gasteiger partial charge is 0.399 e. The standard InChI is InChI=1S/C14H15F3N2OS/c15-14(16,17)10(13(18)21)8-19-11-6-2-1-4-9(11)5-3-7-12(19)20/h1-2,4,6,10H,3,5,7-8H2,(H2,18,21). The maximum absolute atomic E-state index is 13.0. The normalized spacial score (nSPS) is 17.1. The van der Waals surface area contributed by atoms with Crippen molar-refractivity contribution < 1.29 is 18.0 Å². The van der Waals surface area contributed by atoms with E-state index in [4.69, 9.17) is 5.73 Å². The number of alkyl halides is 3. The van der Waals surface area contributed by atoms with E-state index in [-0.39, 0.29) is 12.3 Å². The minimum absolute atomic E-state index is 0.219. The van der Waals surface area contributed by atoms with Gasteiger partial charge in [0.2, 0.25) is 5.91 Å². The van der Waals surface area contributed by atoms with Crippen LogP contribution in [0.5, 0.6) is 0 Å². The van der Waals surface area contributed by atoms with E-state index in [0.717, 1.165) is 5.56 Å². The number of nitrogens with two attached hydrogens (primary N) is 1. The molecule has 0 spiro atoms. The predicted molar refractivity (Wildman–Crippen MR) is 78.1 cm³/mol. The molecule has 2 rings (SSSR count). The molecule has 1 amide bonds. The van der Waals surface area contributed by atoms with Gasteiger partial charge < -0.3 is 10.6 Å². The number of hydrogen-bond acceptors (Lipinski definition) is 2.